The van der Waals surface area contributed by atoms with E-state index in [0.717, 1.165) is 5.69 Å². The second-order valence-electron chi connectivity index (χ2n) is 2.38. The number of hydrogen-bond acceptors (Lipinski definition) is 2. The Bertz CT molecular complexity index is 190. The van der Waals surface area contributed by atoms with Gasteiger partial charge in [0.25, 0.3) is 0 Å². The van der Waals surface area contributed by atoms with Crippen molar-refractivity contribution in [2.75, 3.05) is 5.73 Å². The molecule has 3 nitrogen and oxygen atoms in total. The molecule has 0 amide bonds. The lowest BCUT2D eigenvalue weighted by atomic mass is 10.2. The first-order valence-electron chi connectivity index (χ1n) is 3.00. The first-order chi connectivity index (χ1) is 4.20. The molecule has 3 heteroatoms. The van der Waals surface area contributed by atoms with Crippen LogP contribution in [0.15, 0.2) is 6.20 Å². The van der Waals surface area contributed by atoms with Crippen LogP contribution in [0.4, 0.5) is 5.95 Å². The fourth-order valence-corrected chi connectivity index (χ4v) is 0.645. The number of hydrogen-bond donors (Lipinski definition) is 2. The second kappa shape index (κ2) is 2.09. The van der Waals surface area contributed by atoms with E-state index in [-0.39, 0.29) is 0 Å². The van der Waals surface area contributed by atoms with Crippen LogP contribution in [0.5, 0.6) is 0 Å². The summed E-state index contributed by atoms with van der Waals surface area (Å²) in [4.78, 5) is 6.80. The van der Waals surface area contributed by atoms with Gasteiger partial charge in [-0.05, 0) is 5.92 Å². The predicted octanol–water partition coefficient (Wildman–Crippen LogP) is 1.12. The molecule has 0 spiro atoms. The molecule has 0 unspecified atom stereocenters. The van der Waals surface area contributed by atoms with Gasteiger partial charge >= 0.3 is 0 Å². The average molecular weight is 125 g/mol. The SMILES string of the molecule is CC(C)c1cnc(N)[nH]1. The van der Waals surface area contributed by atoms with Gasteiger partial charge in [-0.15, -0.1) is 0 Å². The summed E-state index contributed by atoms with van der Waals surface area (Å²) in [6.45, 7) is 4.18. The summed E-state index contributed by atoms with van der Waals surface area (Å²) in [5.41, 5.74) is 6.44. The Kier molecular flexibility index (Phi) is 1.42. The Balaban J connectivity index is 2.85. The predicted molar refractivity (Wildman–Crippen MR) is 37.1 cm³/mol. The van der Waals surface area contributed by atoms with Gasteiger partial charge in [0.05, 0.1) is 6.20 Å². The number of nitrogens with two attached hydrogens (primary N) is 1. The number of aromatic amines is 1. The maximum atomic E-state index is 5.35. The molecule has 9 heavy (non-hydrogen) atoms. The molecule has 1 heterocycles. The molecule has 3 N–H and O–H groups in total. The molecule has 1 aromatic rings. The second-order valence-corrected chi connectivity index (χ2v) is 2.38. The van der Waals surface area contributed by atoms with Gasteiger partial charge in [0.15, 0.2) is 5.95 Å². The van der Waals surface area contributed by atoms with Crippen molar-refractivity contribution in [3.05, 3.63) is 11.9 Å². The molecule has 50 valence electrons. The fraction of sp³-hybridized carbons (Fsp3) is 0.500. The lowest BCUT2D eigenvalue weighted by Gasteiger charge is -1.96. The summed E-state index contributed by atoms with van der Waals surface area (Å²) in [6.07, 6.45) is 1.76. The minimum atomic E-state index is 0.481. The lowest BCUT2D eigenvalue weighted by molar-refractivity contribution is 0.833. The van der Waals surface area contributed by atoms with E-state index in [2.05, 4.69) is 23.8 Å². The van der Waals surface area contributed by atoms with E-state index in [1.807, 2.05) is 0 Å². The number of imidazole rings is 1. The molecule has 1 aromatic heterocycles. The van der Waals surface area contributed by atoms with Gasteiger partial charge in [-0.2, -0.15) is 0 Å². The summed E-state index contributed by atoms with van der Waals surface area (Å²) in [5, 5.41) is 0. The van der Waals surface area contributed by atoms with Crippen molar-refractivity contribution in [3.63, 3.8) is 0 Å². The van der Waals surface area contributed by atoms with Gasteiger partial charge in [0.2, 0.25) is 0 Å². The third-order valence-corrected chi connectivity index (χ3v) is 1.24. The highest BCUT2D eigenvalue weighted by Crippen LogP contribution is 2.10. The van der Waals surface area contributed by atoms with Crippen LogP contribution >= 0.6 is 0 Å². The van der Waals surface area contributed by atoms with Gasteiger partial charge in [-0.1, -0.05) is 13.8 Å². The number of rotatable bonds is 1. The largest absolute Gasteiger partial charge is 0.369 e. The number of nitrogen functional groups attached to an aromatic ring is 1. The molecule has 1 rings (SSSR count). The minimum absolute atomic E-state index is 0.481. The Morgan fingerprint density at radius 2 is 2.33 bits per heavy atom. The number of nitrogens with zero attached hydrogens (tertiary/aromatic N) is 1. The summed E-state index contributed by atoms with van der Waals surface area (Å²) >= 11 is 0. The zero-order chi connectivity index (χ0) is 6.85. The van der Waals surface area contributed by atoms with Gasteiger partial charge in [0.1, 0.15) is 0 Å². The van der Waals surface area contributed by atoms with Crippen LogP contribution in [0.2, 0.25) is 0 Å². The van der Waals surface area contributed by atoms with Crippen LogP contribution in [0.3, 0.4) is 0 Å². The van der Waals surface area contributed by atoms with Crippen molar-refractivity contribution in [2.45, 2.75) is 19.8 Å². The van der Waals surface area contributed by atoms with Crippen LogP contribution in [0, 0.1) is 0 Å². The minimum Gasteiger partial charge on any atom is -0.369 e. The molecule has 0 saturated heterocycles. The average Bonchev–Trinajstić information content (AvgIpc) is 2.14. The number of H-pyrrole nitrogens is 1. The van der Waals surface area contributed by atoms with Crippen molar-refractivity contribution in [1.29, 1.82) is 0 Å². The highest BCUT2D eigenvalue weighted by molar-refractivity contribution is 5.19. The molecule has 0 atom stereocenters. The molecule has 0 aromatic carbocycles. The summed E-state index contributed by atoms with van der Waals surface area (Å²) in [5.74, 6) is 0.980. The topological polar surface area (TPSA) is 54.7 Å². The monoisotopic (exact) mass is 125 g/mol. The van der Waals surface area contributed by atoms with Crippen molar-refractivity contribution in [2.24, 2.45) is 0 Å². The molecule has 0 bridgehead atoms. The van der Waals surface area contributed by atoms with Crippen LogP contribution in [-0.2, 0) is 0 Å². The maximum absolute atomic E-state index is 5.35. The summed E-state index contributed by atoms with van der Waals surface area (Å²) < 4.78 is 0. The highest BCUT2D eigenvalue weighted by Gasteiger charge is 1.99. The van der Waals surface area contributed by atoms with Gasteiger partial charge in [-0.25, -0.2) is 4.98 Å². The Morgan fingerprint density at radius 1 is 1.67 bits per heavy atom. The third kappa shape index (κ3) is 1.22. The van der Waals surface area contributed by atoms with E-state index in [9.17, 15) is 0 Å². The molecule has 0 aliphatic heterocycles. The zero-order valence-corrected chi connectivity index (χ0v) is 5.68. The van der Waals surface area contributed by atoms with E-state index in [1.54, 1.807) is 6.20 Å². The van der Waals surface area contributed by atoms with Crippen LogP contribution in [0.25, 0.3) is 0 Å². The van der Waals surface area contributed by atoms with E-state index in [1.165, 1.54) is 0 Å². The number of anilines is 1. The number of aromatic nitrogens is 2. The quantitative estimate of drug-likeness (QED) is 0.590. The first-order valence-corrected chi connectivity index (χ1v) is 3.00. The standard InChI is InChI=1S/C6H11N3/c1-4(2)5-3-8-6(7)9-5/h3-4H,1-2H3,(H3,7,8,9). The molecule has 0 saturated carbocycles. The van der Waals surface area contributed by atoms with E-state index in [4.69, 9.17) is 5.73 Å². The molecular weight excluding hydrogens is 114 g/mol. The van der Waals surface area contributed by atoms with Crippen molar-refractivity contribution >= 4 is 5.95 Å². The molecule has 0 aliphatic rings. The normalized spacial score (nSPS) is 10.6. The number of nitrogens with one attached hydrogen (secondary N) is 1. The third-order valence-electron chi connectivity index (χ3n) is 1.24. The fourth-order valence-electron chi connectivity index (χ4n) is 0.645. The van der Waals surface area contributed by atoms with E-state index >= 15 is 0 Å². The Hall–Kier alpha value is -0.990. The Labute approximate surface area is 54.3 Å². The van der Waals surface area contributed by atoms with Gasteiger partial charge in [0, 0.05) is 5.69 Å². The Morgan fingerprint density at radius 3 is 2.56 bits per heavy atom. The zero-order valence-electron chi connectivity index (χ0n) is 5.68. The van der Waals surface area contributed by atoms with Gasteiger partial charge in [-0.3, -0.25) is 0 Å². The highest BCUT2D eigenvalue weighted by atomic mass is 15.0. The van der Waals surface area contributed by atoms with Crippen molar-refractivity contribution in [3.8, 4) is 0 Å². The molecular formula is C6H11N3. The van der Waals surface area contributed by atoms with E-state index < -0.39 is 0 Å². The lowest BCUT2D eigenvalue weighted by Crippen LogP contribution is -1.89. The molecule has 0 aliphatic carbocycles. The van der Waals surface area contributed by atoms with Crippen LogP contribution in [0.1, 0.15) is 25.5 Å². The van der Waals surface area contributed by atoms with Crippen LogP contribution < -0.4 is 5.73 Å². The molecule has 0 radical (unpaired) electrons. The first kappa shape index (κ1) is 6.13. The van der Waals surface area contributed by atoms with Gasteiger partial charge < -0.3 is 10.7 Å². The van der Waals surface area contributed by atoms with Crippen molar-refractivity contribution < 1.29 is 0 Å². The summed E-state index contributed by atoms with van der Waals surface area (Å²) in [7, 11) is 0. The van der Waals surface area contributed by atoms with Crippen molar-refractivity contribution in [1.82, 2.24) is 9.97 Å². The smallest absolute Gasteiger partial charge is 0.197 e. The maximum Gasteiger partial charge on any atom is 0.197 e. The van der Waals surface area contributed by atoms with Crippen LogP contribution in [-0.4, -0.2) is 9.97 Å². The molecule has 0 fully saturated rings. The summed E-state index contributed by atoms with van der Waals surface area (Å²) in [6, 6.07) is 0. The van der Waals surface area contributed by atoms with E-state index in [0.29, 0.717) is 11.9 Å².